The lowest BCUT2D eigenvalue weighted by atomic mass is 9.94. The molecule has 0 atom stereocenters. The summed E-state index contributed by atoms with van der Waals surface area (Å²) >= 11 is 0. The van der Waals surface area contributed by atoms with Crippen molar-refractivity contribution in [3.8, 4) is 17.1 Å². The summed E-state index contributed by atoms with van der Waals surface area (Å²) in [6.45, 7) is 2.18. The Morgan fingerprint density at radius 3 is 2.65 bits per heavy atom. The number of benzene rings is 1. The second-order valence-electron chi connectivity index (χ2n) is 6.38. The Labute approximate surface area is 152 Å². The minimum absolute atomic E-state index is 0.296. The summed E-state index contributed by atoms with van der Waals surface area (Å²) in [6.07, 6.45) is 6.19. The number of aromatic nitrogens is 3. The van der Waals surface area contributed by atoms with Crippen LogP contribution < -0.4 is 0 Å². The Kier molecular flexibility index (Phi) is 4.52. The quantitative estimate of drug-likeness (QED) is 0.670. The van der Waals surface area contributed by atoms with Crippen LogP contribution >= 0.6 is 0 Å². The van der Waals surface area contributed by atoms with Gasteiger partial charge in [0, 0.05) is 17.5 Å². The van der Waals surface area contributed by atoms with Gasteiger partial charge in [0.05, 0.1) is 23.6 Å². The Balaban J connectivity index is 1.75. The maximum atomic E-state index is 11.9. The normalized spacial score (nSPS) is 13.3. The highest BCUT2D eigenvalue weighted by Crippen LogP contribution is 2.32. The fourth-order valence-corrected chi connectivity index (χ4v) is 3.47. The molecule has 0 spiro atoms. The molecule has 0 fully saturated rings. The van der Waals surface area contributed by atoms with Gasteiger partial charge in [0.1, 0.15) is 5.69 Å². The minimum atomic E-state index is -0.296. The smallest absolute Gasteiger partial charge is 0.338 e. The van der Waals surface area contributed by atoms with Crippen molar-refractivity contribution in [1.82, 2.24) is 14.8 Å². The monoisotopic (exact) mass is 347 g/mol. The van der Waals surface area contributed by atoms with Crippen molar-refractivity contribution < 1.29 is 9.53 Å². The Hall–Kier alpha value is -2.95. The summed E-state index contributed by atoms with van der Waals surface area (Å²) in [5.41, 5.74) is 5.94. The van der Waals surface area contributed by atoms with Crippen molar-refractivity contribution in [1.29, 1.82) is 0 Å². The average molecular weight is 347 g/mol. The molecule has 3 aromatic rings. The fraction of sp³-hybridized carbons (Fsp3) is 0.286. The number of nitrogens with zero attached hydrogens (tertiary/aromatic N) is 3. The van der Waals surface area contributed by atoms with Gasteiger partial charge in [0.15, 0.2) is 0 Å². The van der Waals surface area contributed by atoms with Gasteiger partial charge in [-0.1, -0.05) is 6.07 Å². The largest absolute Gasteiger partial charge is 0.462 e. The van der Waals surface area contributed by atoms with Crippen LogP contribution in [0, 0.1) is 0 Å². The number of fused-ring (bicyclic) bond motifs is 1. The molecule has 0 bridgehead atoms. The van der Waals surface area contributed by atoms with Crippen LogP contribution in [0.4, 0.5) is 0 Å². The van der Waals surface area contributed by atoms with E-state index in [0.29, 0.717) is 12.2 Å². The lowest BCUT2D eigenvalue weighted by molar-refractivity contribution is 0.0526. The van der Waals surface area contributed by atoms with Gasteiger partial charge >= 0.3 is 5.97 Å². The van der Waals surface area contributed by atoms with Crippen LogP contribution in [0.5, 0.6) is 0 Å². The predicted molar refractivity (Wildman–Crippen MR) is 99.4 cm³/mol. The van der Waals surface area contributed by atoms with Gasteiger partial charge < -0.3 is 4.74 Å². The molecular weight excluding hydrogens is 326 g/mol. The van der Waals surface area contributed by atoms with Crippen LogP contribution in [0.15, 0.2) is 48.7 Å². The van der Waals surface area contributed by atoms with E-state index in [9.17, 15) is 4.79 Å². The van der Waals surface area contributed by atoms with Gasteiger partial charge in [-0.05, 0) is 69.0 Å². The maximum absolute atomic E-state index is 11.9. The molecule has 0 radical (unpaired) electrons. The summed E-state index contributed by atoms with van der Waals surface area (Å²) < 4.78 is 7.06. The van der Waals surface area contributed by atoms with Crippen molar-refractivity contribution in [2.75, 3.05) is 6.61 Å². The number of rotatable bonds is 4. The molecule has 5 nitrogen and oxygen atoms in total. The third-order valence-electron chi connectivity index (χ3n) is 4.71. The molecule has 0 N–H and O–H groups in total. The Bertz CT molecular complexity index is 914. The van der Waals surface area contributed by atoms with Gasteiger partial charge in [-0.15, -0.1) is 0 Å². The first-order valence-corrected chi connectivity index (χ1v) is 9.07. The van der Waals surface area contributed by atoms with E-state index in [-0.39, 0.29) is 5.97 Å². The van der Waals surface area contributed by atoms with E-state index >= 15 is 0 Å². The molecule has 2 heterocycles. The van der Waals surface area contributed by atoms with Crippen molar-refractivity contribution in [2.24, 2.45) is 0 Å². The highest BCUT2D eigenvalue weighted by molar-refractivity contribution is 5.89. The number of carbonyl (C=O) groups is 1. The van der Waals surface area contributed by atoms with Crippen molar-refractivity contribution in [2.45, 2.75) is 32.6 Å². The molecule has 0 saturated heterocycles. The highest BCUT2D eigenvalue weighted by Gasteiger charge is 2.23. The summed E-state index contributed by atoms with van der Waals surface area (Å²) in [5, 5.41) is 4.88. The van der Waals surface area contributed by atoms with Crippen LogP contribution in [-0.2, 0) is 17.6 Å². The van der Waals surface area contributed by atoms with E-state index in [0.717, 1.165) is 29.9 Å². The summed E-state index contributed by atoms with van der Waals surface area (Å²) in [6, 6.07) is 13.4. The molecule has 26 heavy (non-hydrogen) atoms. The average Bonchev–Trinajstić information content (AvgIpc) is 3.09. The maximum Gasteiger partial charge on any atom is 0.338 e. The lowest BCUT2D eigenvalue weighted by Crippen LogP contribution is -2.08. The number of carbonyl (C=O) groups excluding carboxylic acids is 1. The molecule has 1 aromatic carbocycles. The number of esters is 1. The van der Waals surface area contributed by atoms with Crippen LogP contribution in [0.1, 0.15) is 41.4 Å². The van der Waals surface area contributed by atoms with Crippen LogP contribution in [0.3, 0.4) is 0 Å². The van der Waals surface area contributed by atoms with E-state index in [1.807, 2.05) is 35.0 Å². The molecule has 0 unspecified atom stereocenters. The molecule has 0 aliphatic heterocycles. The van der Waals surface area contributed by atoms with Gasteiger partial charge in [-0.25, -0.2) is 9.48 Å². The predicted octanol–water partition coefficient (Wildman–Crippen LogP) is 3.99. The zero-order valence-corrected chi connectivity index (χ0v) is 14.8. The number of ether oxygens (including phenoxy) is 1. The molecular formula is C21H21N3O2. The Morgan fingerprint density at radius 2 is 1.92 bits per heavy atom. The minimum Gasteiger partial charge on any atom is -0.462 e. The molecule has 4 rings (SSSR count). The van der Waals surface area contributed by atoms with Gasteiger partial charge in [0.25, 0.3) is 0 Å². The molecule has 0 amide bonds. The molecule has 0 saturated carbocycles. The summed E-state index contributed by atoms with van der Waals surface area (Å²) in [4.78, 5) is 16.3. The topological polar surface area (TPSA) is 57.0 Å². The number of hydrogen-bond acceptors (Lipinski definition) is 4. The number of hydrogen-bond donors (Lipinski definition) is 0. The second kappa shape index (κ2) is 7.12. The fourth-order valence-electron chi connectivity index (χ4n) is 3.47. The second-order valence-corrected chi connectivity index (χ2v) is 6.38. The van der Waals surface area contributed by atoms with E-state index in [4.69, 9.17) is 9.84 Å². The third kappa shape index (κ3) is 3.01. The van der Waals surface area contributed by atoms with Crippen molar-refractivity contribution in [3.05, 3.63) is 65.5 Å². The van der Waals surface area contributed by atoms with Gasteiger partial charge in [-0.3, -0.25) is 4.98 Å². The van der Waals surface area contributed by atoms with Crippen molar-refractivity contribution in [3.63, 3.8) is 0 Å². The third-order valence-corrected chi connectivity index (χ3v) is 4.71. The summed E-state index contributed by atoms with van der Waals surface area (Å²) in [7, 11) is 0. The van der Waals surface area contributed by atoms with Crippen molar-refractivity contribution >= 4 is 5.97 Å². The van der Waals surface area contributed by atoms with Gasteiger partial charge in [0.2, 0.25) is 0 Å². The number of pyridine rings is 1. The first-order valence-electron chi connectivity index (χ1n) is 9.07. The molecule has 1 aliphatic rings. The Morgan fingerprint density at radius 1 is 1.12 bits per heavy atom. The van der Waals surface area contributed by atoms with E-state index in [1.165, 1.54) is 24.1 Å². The van der Waals surface area contributed by atoms with Gasteiger partial charge in [-0.2, -0.15) is 5.10 Å². The van der Waals surface area contributed by atoms with E-state index in [1.54, 1.807) is 25.3 Å². The van der Waals surface area contributed by atoms with E-state index < -0.39 is 0 Å². The van der Waals surface area contributed by atoms with Crippen LogP contribution in [0.25, 0.3) is 17.1 Å². The zero-order valence-electron chi connectivity index (χ0n) is 14.8. The summed E-state index contributed by atoms with van der Waals surface area (Å²) in [5.74, 6) is -0.296. The molecule has 1 aliphatic carbocycles. The van der Waals surface area contributed by atoms with E-state index in [2.05, 4.69) is 4.98 Å². The standard InChI is InChI=1S/C21H21N3O2/c1-2-26-21(25)15-10-12-16(13-11-15)24-19-9-4-3-7-17(19)20(23-24)18-8-5-6-14-22-18/h5-6,8,10-14H,2-4,7,9H2,1H3. The molecule has 2 aromatic heterocycles. The first kappa shape index (κ1) is 16.5. The SMILES string of the molecule is CCOC(=O)c1ccc(-n2nc(-c3ccccn3)c3c2CCCC3)cc1. The van der Waals surface area contributed by atoms with Crippen LogP contribution in [0.2, 0.25) is 0 Å². The van der Waals surface area contributed by atoms with Crippen LogP contribution in [-0.4, -0.2) is 27.3 Å². The lowest BCUT2D eigenvalue weighted by Gasteiger charge is -2.14. The highest BCUT2D eigenvalue weighted by atomic mass is 16.5. The zero-order chi connectivity index (χ0) is 17.9. The molecule has 5 heteroatoms. The first-order chi connectivity index (χ1) is 12.8. The molecule has 132 valence electrons.